The normalized spacial score (nSPS) is 17.4. The van der Waals surface area contributed by atoms with Crippen molar-refractivity contribution in [3.8, 4) is 0 Å². The Morgan fingerprint density at radius 1 is 1.28 bits per heavy atom. The zero-order valence-corrected chi connectivity index (χ0v) is 10.2. The van der Waals surface area contributed by atoms with Gasteiger partial charge in [-0.3, -0.25) is 5.32 Å². The van der Waals surface area contributed by atoms with Crippen LogP contribution in [0.25, 0.3) is 10.9 Å². The van der Waals surface area contributed by atoms with Gasteiger partial charge in [0.05, 0.1) is 5.52 Å². The van der Waals surface area contributed by atoms with Gasteiger partial charge in [0.1, 0.15) is 4.90 Å². The van der Waals surface area contributed by atoms with Gasteiger partial charge in [0.2, 0.25) is 0 Å². The Balaban J connectivity index is 2.38. The van der Waals surface area contributed by atoms with Gasteiger partial charge in [0, 0.05) is 12.4 Å². The maximum absolute atomic E-state index is 12.1. The van der Waals surface area contributed by atoms with E-state index in [9.17, 15) is 13.2 Å². The summed E-state index contributed by atoms with van der Waals surface area (Å²) in [5.74, 6) is 0.0804. The number of pyridine rings is 1. The molecule has 0 fully saturated rings. The molecule has 1 aliphatic rings. The SMILES string of the molecule is CN1C(=O)Nc2nc3ccccc3cc2S1(=O)=O. The number of hydrogen-bond acceptors (Lipinski definition) is 4. The van der Waals surface area contributed by atoms with E-state index in [1.165, 1.54) is 13.1 Å². The maximum atomic E-state index is 12.1. The van der Waals surface area contributed by atoms with Crippen LogP contribution >= 0.6 is 0 Å². The summed E-state index contributed by atoms with van der Waals surface area (Å²) in [4.78, 5) is 15.7. The molecule has 1 aromatic carbocycles. The third kappa shape index (κ3) is 1.37. The molecule has 0 radical (unpaired) electrons. The third-order valence-corrected chi connectivity index (χ3v) is 4.59. The van der Waals surface area contributed by atoms with E-state index >= 15 is 0 Å². The van der Waals surface area contributed by atoms with Crippen LogP contribution in [0.1, 0.15) is 0 Å². The Labute approximate surface area is 103 Å². The molecule has 7 heteroatoms. The maximum Gasteiger partial charge on any atom is 0.336 e. The first-order valence-electron chi connectivity index (χ1n) is 5.20. The fourth-order valence-corrected chi connectivity index (χ4v) is 3.00. The Kier molecular flexibility index (Phi) is 2.09. The molecule has 6 nitrogen and oxygen atoms in total. The minimum absolute atomic E-state index is 0.0169. The predicted octanol–water partition coefficient (Wildman–Crippen LogP) is 1.40. The number of rotatable bonds is 0. The second-order valence-electron chi connectivity index (χ2n) is 3.93. The summed E-state index contributed by atoms with van der Waals surface area (Å²) >= 11 is 0. The third-order valence-electron chi connectivity index (χ3n) is 2.84. The number of aromatic nitrogens is 1. The highest BCUT2D eigenvalue weighted by atomic mass is 32.2. The summed E-state index contributed by atoms with van der Waals surface area (Å²) in [6, 6.07) is 7.94. The highest BCUT2D eigenvalue weighted by molar-refractivity contribution is 7.90. The van der Waals surface area contributed by atoms with Gasteiger partial charge in [0.15, 0.2) is 5.82 Å². The number of nitrogens with one attached hydrogen (secondary N) is 1. The monoisotopic (exact) mass is 263 g/mol. The van der Waals surface area contributed by atoms with Crippen molar-refractivity contribution in [2.45, 2.75) is 4.90 Å². The number of sulfonamides is 1. The van der Waals surface area contributed by atoms with Gasteiger partial charge in [-0.05, 0) is 12.1 Å². The van der Waals surface area contributed by atoms with Crippen molar-refractivity contribution in [3.63, 3.8) is 0 Å². The summed E-state index contributed by atoms with van der Waals surface area (Å²) in [7, 11) is -2.59. The summed E-state index contributed by atoms with van der Waals surface area (Å²) in [5.41, 5.74) is 0.635. The van der Waals surface area contributed by atoms with Gasteiger partial charge in [0.25, 0.3) is 10.0 Å². The lowest BCUT2D eigenvalue weighted by atomic mass is 10.2. The predicted molar refractivity (Wildman–Crippen MR) is 65.7 cm³/mol. The van der Waals surface area contributed by atoms with Crippen LogP contribution in [0.5, 0.6) is 0 Å². The summed E-state index contributed by atoms with van der Waals surface area (Å²) < 4.78 is 24.8. The number of anilines is 1. The minimum atomic E-state index is -3.80. The molecular formula is C11H9N3O3S. The summed E-state index contributed by atoms with van der Waals surface area (Å²) in [6.45, 7) is 0. The van der Waals surface area contributed by atoms with Crippen LogP contribution in [-0.2, 0) is 10.0 Å². The van der Waals surface area contributed by atoms with Crippen molar-refractivity contribution in [1.29, 1.82) is 0 Å². The Morgan fingerprint density at radius 2 is 2.00 bits per heavy atom. The van der Waals surface area contributed by atoms with Gasteiger partial charge in [-0.1, -0.05) is 18.2 Å². The van der Waals surface area contributed by atoms with Gasteiger partial charge in [-0.2, -0.15) is 0 Å². The number of benzene rings is 1. The van der Waals surface area contributed by atoms with Crippen LogP contribution in [0.3, 0.4) is 0 Å². The Morgan fingerprint density at radius 3 is 2.78 bits per heavy atom. The van der Waals surface area contributed by atoms with Crippen LogP contribution in [0.15, 0.2) is 35.2 Å². The van der Waals surface area contributed by atoms with E-state index < -0.39 is 16.1 Å². The number of hydrogen-bond donors (Lipinski definition) is 1. The molecule has 2 heterocycles. The van der Waals surface area contributed by atoms with Crippen molar-refractivity contribution < 1.29 is 13.2 Å². The number of urea groups is 1. The lowest BCUT2D eigenvalue weighted by Gasteiger charge is -2.24. The molecule has 1 aromatic heterocycles. The number of nitrogens with zero attached hydrogens (tertiary/aromatic N) is 2. The van der Waals surface area contributed by atoms with Crippen LogP contribution in [0.2, 0.25) is 0 Å². The number of fused-ring (bicyclic) bond motifs is 2. The van der Waals surface area contributed by atoms with Crippen LogP contribution in [0.4, 0.5) is 10.6 Å². The lowest BCUT2D eigenvalue weighted by molar-refractivity contribution is 0.239. The standard InChI is InChI=1S/C11H9N3O3S/c1-14-11(15)13-10-9(18(14,16)17)6-7-4-2-3-5-8(7)12-10/h2-6H,1H3,(H,12,13,15). The minimum Gasteiger partial charge on any atom is -0.290 e. The van der Waals surface area contributed by atoms with E-state index in [-0.39, 0.29) is 10.7 Å². The van der Waals surface area contributed by atoms with E-state index in [2.05, 4.69) is 10.3 Å². The van der Waals surface area contributed by atoms with Crippen molar-refractivity contribution in [1.82, 2.24) is 9.29 Å². The molecule has 0 saturated carbocycles. The highest BCUT2D eigenvalue weighted by Crippen LogP contribution is 2.30. The number of amides is 2. The van der Waals surface area contributed by atoms with Crippen LogP contribution in [0, 0.1) is 0 Å². The zero-order chi connectivity index (χ0) is 12.9. The Bertz CT molecular complexity index is 770. The van der Waals surface area contributed by atoms with Crippen molar-refractivity contribution >= 4 is 32.8 Å². The molecule has 0 unspecified atom stereocenters. The van der Waals surface area contributed by atoms with E-state index in [1.807, 2.05) is 0 Å². The zero-order valence-electron chi connectivity index (χ0n) is 9.41. The molecule has 1 aliphatic heterocycles. The number of para-hydroxylation sites is 1. The number of carbonyl (C=O) groups excluding carboxylic acids is 1. The van der Waals surface area contributed by atoms with Crippen LogP contribution in [-0.4, -0.2) is 30.8 Å². The highest BCUT2D eigenvalue weighted by Gasteiger charge is 2.34. The van der Waals surface area contributed by atoms with Crippen molar-refractivity contribution in [3.05, 3.63) is 30.3 Å². The topological polar surface area (TPSA) is 79.4 Å². The molecule has 18 heavy (non-hydrogen) atoms. The van der Waals surface area contributed by atoms with Gasteiger partial charge in [-0.25, -0.2) is 22.5 Å². The van der Waals surface area contributed by atoms with Crippen molar-refractivity contribution in [2.24, 2.45) is 0 Å². The Hall–Kier alpha value is -2.15. The molecule has 0 bridgehead atoms. The summed E-state index contributed by atoms with van der Waals surface area (Å²) in [6.07, 6.45) is 0. The molecule has 0 aliphatic carbocycles. The van der Waals surface area contributed by atoms with E-state index in [1.54, 1.807) is 24.3 Å². The lowest BCUT2D eigenvalue weighted by Crippen LogP contribution is -2.41. The molecule has 2 amide bonds. The molecule has 92 valence electrons. The van der Waals surface area contributed by atoms with Gasteiger partial charge in [-0.15, -0.1) is 0 Å². The molecule has 0 spiro atoms. The first kappa shape index (κ1) is 11.0. The smallest absolute Gasteiger partial charge is 0.290 e. The molecule has 3 rings (SSSR count). The van der Waals surface area contributed by atoms with E-state index in [4.69, 9.17) is 0 Å². The second kappa shape index (κ2) is 3.42. The average Bonchev–Trinajstić information content (AvgIpc) is 2.35. The van der Waals surface area contributed by atoms with E-state index in [0.29, 0.717) is 15.2 Å². The average molecular weight is 263 g/mol. The van der Waals surface area contributed by atoms with Crippen molar-refractivity contribution in [2.75, 3.05) is 12.4 Å². The second-order valence-corrected chi connectivity index (χ2v) is 5.87. The molecule has 1 N–H and O–H groups in total. The van der Waals surface area contributed by atoms with Crippen LogP contribution < -0.4 is 5.32 Å². The molecule has 0 saturated heterocycles. The molecule has 0 atom stereocenters. The molecule has 2 aromatic rings. The summed E-state index contributed by atoms with van der Waals surface area (Å²) in [5, 5.41) is 3.17. The quantitative estimate of drug-likeness (QED) is 0.779. The molecular weight excluding hydrogens is 254 g/mol. The van der Waals surface area contributed by atoms with Gasteiger partial charge < -0.3 is 0 Å². The van der Waals surface area contributed by atoms with E-state index in [0.717, 1.165) is 0 Å². The first-order chi connectivity index (χ1) is 8.50. The fraction of sp³-hybridized carbons (Fsp3) is 0.0909. The largest absolute Gasteiger partial charge is 0.336 e. The van der Waals surface area contributed by atoms with Gasteiger partial charge >= 0.3 is 6.03 Å². The number of carbonyl (C=O) groups is 1. The fourth-order valence-electron chi connectivity index (χ4n) is 1.82. The first-order valence-corrected chi connectivity index (χ1v) is 6.64.